The van der Waals surface area contributed by atoms with E-state index in [1.54, 1.807) is 0 Å². The van der Waals surface area contributed by atoms with Crippen LogP contribution in [0.5, 0.6) is 0 Å². The van der Waals surface area contributed by atoms with Crippen LogP contribution in [0.3, 0.4) is 0 Å². The zero-order chi connectivity index (χ0) is 14.4. The zero-order valence-electron chi connectivity index (χ0n) is 12.6. The molecule has 20 heavy (non-hydrogen) atoms. The summed E-state index contributed by atoms with van der Waals surface area (Å²) >= 11 is 0. The molecular weight excluding hydrogens is 248 g/mol. The third kappa shape index (κ3) is 4.34. The lowest BCUT2D eigenvalue weighted by molar-refractivity contribution is -0.126. The smallest absolute Gasteiger partial charge is 0.224 e. The maximum Gasteiger partial charge on any atom is 0.224 e. The molecule has 0 radical (unpaired) electrons. The maximum absolute atomic E-state index is 12.4. The van der Waals surface area contributed by atoms with E-state index in [-0.39, 0.29) is 17.9 Å². The molecule has 0 saturated carbocycles. The molecule has 1 aromatic carbocycles. The lowest BCUT2D eigenvalue weighted by Gasteiger charge is -2.26. The second-order valence-corrected chi connectivity index (χ2v) is 6.14. The average molecular weight is 274 g/mol. The molecule has 2 N–H and O–H groups in total. The van der Waals surface area contributed by atoms with Crippen molar-refractivity contribution in [2.24, 2.45) is 11.8 Å². The van der Waals surface area contributed by atoms with Gasteiger partial charge in [-0.1, -0.05) is 44.2 Å². The zero-order valence-corrected chi connectivity index (χ0v) is 12.6. The van der Waals surface area contributed by atoms with Gasteiger partial charge in [-0.3, -0.25) is 4.79 Å². The molecule has 1 heterocycles. The van der Waals surface area contributed by atoms with Crippen molar-refractivity contribution >= 4 is 5.91 Å². The summed E-state index contributed by atoms with van der Waals surface area (Å²) in [6, 6.07) is 10.4. The van der Waals surface area contributed by atoms with Crippen LogP contribution in [0.2, 0.25) is 0 Å². The number of carbonyl (C=O) groups is 1. The molecule has 2 atom stereocenters. The molecule has 1 saturated heterocycles. The van der Waals surface area contributed by atoms with Crippen LogP contribution in [-0.2, 0) is 4.79 Å². The fourth-order valence-electron chi connectivity index (χ4n) is 2.80. The summed E-state index contributed by atoms with van der Waals surface area (Å²) in [6.45, 7) is 6.25. The van der Waals surface area contributed by atoms with E-state index in [1.807, 2.05) is 18.2 Å². The molecule has 0 spiro atoms. The highest BCUT2D eigenvalue weighted by Crippen LogP contribution is 2.22. The molecule has 3 heteroatoms. The van der Waals surface area contributed by atoms with Crippen LogP contribution in [0.25, 0.3) is 0 Å². The Kier molecular flexibility index (Phi) is 5.60. The number of carbonyl (C=O) groups excluding carboxylic acids is 1. The third-order valence-corrected chi connectivity index (χ3v) is 3.89. The first-order valence-corrected chi connectivity index (χ1v) is 7.73. The summed E-state index contributed by atoms with van der Waals surface area (Å²) in [5.41, 5.74) is 1.21. The maximum atomic E-state index is 12.4. The number of nitrogens with one attached hydrogen (secondary N) is 2. The Bertz CT molecular complexity index is 410. The van der Waals surface area contributed by atoms with Gasteiger partial charge in [-0.15, -0.1) is 0 Å². The first kappa shape index (κ1) is 15.0. The van der Waals surface area contributed by atoms with Gasteiger partial charge in [-0.25, -0.2) is 0 Å². The van der Waals surface area contributed by atoms with Crippen molar-refractivity contribution in [1.29, 1.82) is 0 Å². The minimum Gasteiger partial charge on any atom is -0.349 e. The number of piperidine rings is 1. The van der Waals surface area contributed by atoms with E-state index in [0.29, 0.717) is 5.92 Å². The number of hydrogen-bond donors (Lipinski definition) is 2. The van der Waals surface area contributed by atoms with Gasteiger partial charge in [0.25, 0.3) is 0 Å². The second-order valence-electron chi connectivity index (χ2n) is 6.14. The van der Waals surface area contributed by atoms with E-state index in [1.165, 1.54) is 5.56 Å². The van der Waals surface area contributed by atoms with E-state index >= 15 is 0 Å². The largest absolute Gasteiger partial charge is 0.349 e. The quantitative estimate of drug-likeness (QED) is 0.867. The molecule has 1 fully saturated rings. The molecule has 2 rings (SSSR count). The second kappa shape index (κ2) is 7.44. The van der Waals surface area contributed by atoms with E-state index < -0.39 is 0 Å². The van der Waals surface area contributed by atoms with Crippen molar-refractivity contribution in [2.45, 2.75) is 39.2 Å². The highest BCUT2D eigenvalue weighted by molar-refractivity contribution is 5.79. The van der Waals surface area contributed by atoms with Gasteiger partial charge < -0.3 is 10.6 Å². The van der Waals surface area contributed by atoms with Crippen LogP contribution in [0.15, 0.2) is 30.3 Å². The summed E-state index contributed by atoms with van der Waals surface area (Å²) < 4.78 is 0. The lowest BCUT2D eigenvalue weighted by Crippen LogP contribution is -2.42. The number of hydrogen-bond acceptors (Lipinski definition) is 2. The molecule has 1 aromatic rings. The summed E-state index contributed by atoms with van der Waals surface area (Å²) in [5.74, 6) is 0.888. The molecular formula is C17H26N2O. The van der Waals surface area contributed by atoms with Crippen LogP contribution in [0.1, 0.15) is 44.7 Å². The molecule has 1 amide bonds. The van der Waals surface area contributed by atoms with Crippen LogP contribution < -0.4 is 10.6 Å². The number of rotatable bonds is 5. The van der Waals surface area contributed by atoms with Gasteiger partial charge in [0.15, 0.2) is 0 Å². The van der Waals surface area contributed by atoms with Crippen LogP contribution in [0, 0.1) is 11.8 Å². The Morgan fingerprint density at radius 2 is 2.10 bits per heavy atom. The number of amides is 1. The van der Waals surface area contributed by atoms with E-state index in [0.717, 1.165) is 32.4 Å². The monoisotopic (exact) mass is 274 g/mol. The Morgan fingerprint density at radius 1 is 1.35 bits per heavy atom. The Hall–Kier alpha value is -1.35. The molecule has 2 unspecified atom stereocenters. The summed E-state index contributed by atoms with van der Waals surface area (Å²) in [7, 11) is 0. The summed E-state index contributed by atoms with van der Waals surface area (Å²) in [5, 5.41) is 6.56. The van der Waals surface area contributed by atoms with Gasteiger partial charge in [-0.2, -0.15) is 0 Å². The minimum atomic E-state index is 0.127. The fourth-order valence-corrected chi connectivity index (χ4v) is 2.80. The van der Waals surface area contributed by atoms with Crippen molar-refractivity contribution in [3.63, 3.8) is 0 Å². The van der Waals surface area contributed by atoms with E-state index in [2.05, 4.69) is 36.6 Å². The molecule has 1 aliphatic heterocycles. The summed E-state index contributed by atoms with van der Waals surface area (Å²) in [4.78, 5) is 12.4. The van der Waals surface area contributed by atoms with Crippen LogP contribution >= 0.6 is 0 Å². The van der Waals surface area contributed by atoms with Crippen LogP contribution in [-0.4, -0.2) is 19.0 Å². The van der Waals surface area contributed by atoms with Crippen molar-refractivity contribution < 1.29 is 4.79 Å². The highest BCUT2D eigenvalue weighted by atomic mass is 16.2. The van der Waals surface area contributed by atoms with Crippen molar-refractivity contribution in [3.05, 3.63) is 35.9 Å². The first-order valence-electron chi connectivity index (χ1n) is 7.73. The predicted molar refractivity (Wildman–Crippen MR) is 82.4 cm³/mol. The average Bonchev–Trinajstić information content (AvgIpc) is 2.48. The fraction of sp³-hybridized carbons (Fsp3) is 0.588. The van der Waals surface area contributed by atoms with Crippen molar-refractivity contribution in [3.8, 4) is 0 Å². The summed E-state index contributed by atoms with van der Waals surface area (Å²) in [6.07, 6.45) is 3.08. The standard InChI is InChI=1S/C17H26N2O/c1-13(2)11-16(14-7-4-3-5-8-14)19-17(20)15-9-6-10-18-12-15/h3-5,7-8,13,15-16,18H,6,9-12H2,1-2H3,(H,19,20). The minimum absolute atomic E-state index is 0.127. The van der Waals surface area contributed by atoms with Gasteiger partial charge in [0.05, 0.1) is 12.0 Å². The Labute approximate surface area is 122 Å². The van der Waals surface area contributed by atoms with Gasteiger partial charge in [0.1, 0.15) is 0 Å². The molecule has 0 aliphatic carbocycles. The molecule has 0 bridgehead atoms. The molecule has 3 nitrogen and oxygen atoms in total. The van der Waals surface area contributed by atoms with Gasteiger partial charge in [0, 0.05) is 6.54 Å². The van der Waals surface area contributed by atoms with Crippen molar-refractivity contribution in [2.75, 3.05) is 13.1 Å². The molecule has 110 valence electrons. The Morgan fingerprint density at radius 3 is 2.70 bits per heavy atom. The molecule has 1 aliphatic rings. The van der Waals surface area contributed by atoms with Gasteiger partial charge in [-0.05, 0) is 37.3 Å². The topological polar surface area (TPSA) is 41.1 Å². The SMILES string of the molecule is CC(C)CC(NC(=O)C1CCCNC1)c1ccccc1. The predicted octanol–water partition coefficient (Wildman–Crippen LogP) is 2.89. The normalized spacial score (nSPS) is 20.6. The van der Waals surface area contributed by atoms with Crippen molar-refractivity contribution in [1.82, 2.24) is 10.6 Å². The van der Waals surface area contributed by atoms with Gasteiger partial charge >= 0.3 is 0 Å². The van der Waals surface area contributed by atoms with E-state index in [4.69, 9.17) is 0 Å². The van der Waals surface area contributed by atoms with Crippen LogP contribution in [0.4, 0.5) is 0 Å². The third-order valence-electron chi connectivity index (χ3n) is 3.89. The highest BCUT2D eigenvalue weighted by Gasteiger charge is 2.24. The Balaban J connectivity index is 2.01. The van der Waals surface area contributed by atoms with E-state index in [9.17, 15) is 4.79 Å². The van der Waals surface area contributed by atoms with Gasteiger partial charge in [0.2, 0.25) is 5.91 Å². The first-order chi connectivity index (χ1) is 9.66. The lowest BCUT2D eigenvalue weighted by atomic mass is 9.94. The number of benzene rings is 1. The molecule has 0 aromatic heterocycles.